The van der Waals surface area contributed by atoms with Crippen LogP contribution in [0, 0.1) is 21.3 Å². The van der Waals surface area contributed by atoms with E-state index >= 15 is 0 Å². The van der Waals surface area contributed by atoms with Gasteiger partial charge < -0.3 is 17.5 Å². The minimum atomic E-state index is 0. The Bertz CT molecular complexity index is 295. The van der Waals surface area contributed by atoms with E-state index in [1.807, 2.05) is 11.5 Å². The molecule has 7 heteroatoms. The summed E-state index contributed by atoms with van der Waals surface area (Å²) in [4.78, 5) is 12.8. The number of hydrogen-bond acceptors (Lipinski definition) is 5. The van der Waals surface area contributed by atoms with Crippen molar-refractivity contribution in [2.75, 3.05) is 12.3 Å². The fraction of sp³-hybridized carbons (Fsp3) is 0.375. The van der Waals surface area contributed by atoms with Crippen molar-refractivity contribution in [2.45, 2.75) is 6.42 Å². The molecule has 0 radical (unpaired) electrons. The second-order valence-electron chi connectivity index (χ2n) is 2.23. The third kappa shape index (κ3) is 9.33. The minimum Gasteiger partial charge on any atom is -0.696 e. The van der Waals surface area contributed by atoms with Crippen molar-refractivity contribution < 1.29 is 56.2 Å². The molecule has 1 aliphatic heterocycles. The topological polar surface area (TPSA) is 67.9 Å². The zero-order chi connectivity index (χ0) is 10.8. The van der Waals surface area contributed by atoms with Gasteiger partial charge in [-0.05, 0) is 18.2 Å². The van der Waals surface area contributed by atoms with Crippen LogP contribution in [-0.2, 0) is 17.4 Å². The van der Waals surface area contributed by atoms with Crippen LogP contribution in [0.25, 0.3) is 0 Å². The van der Waals surface area contributed by atoms with Crippen LogP contribution in [0.15, 0.2) is 12.3 Å². The standard InChI is InChI=1S/C7H8N2OS.CHNS.K/c8-6-11-5-7(10)9-3-1-2-4-9;2-1-3;/h1,3H,2,4-5H2;3H;/q;;+1/p-1. The Hall–Kier alpha value is 0.396. The zero-order valence-electron chi connectivity index (χ0n) is 8.34. The van der Waals surface area contributed by atoms with Gasteiger partial charge in [0.1, 0.15) is 5.40 Å². The molecule has 0 aromatic rings. The van der Waals surface area contributed by atoms with E-state index in [1.54, 1.807) is 11.1 Å². The van der Waals surface area contributed by atoms with Gasteiger partial charge in [-0.2, -0.15) is 5.26 Å². The molecule has 0 spiro atoms. The Balaban J connectivity index is 0. The van der Waals surface area contributed by atoms with E-state index in [9.17, 15) is 4.79 Å². The Kier molecular flexibility index (Phi) is 14.8. The molecule has 1 heterocycles. The maximum absolute atomic E-state index is 11.1. The minimum absolute atomic E-state index is 0. The number of rotatable bonds is 2. The fourth-order valence-corrected chi connectivity index (χ4v) is 1.23. The van der Waals surface area contributed by atoms with Crippen molar-refractivity contribution in [3.05, 3.63) is 12.3 Å². The quantitative estimate of drug-likeness (QED) is 0.327. The molecule has 0 saturated carbocycles. The fourth-order valence-electron chi connectivity index (χ4n) is 0.875. The second-order valence-corrected chi connectivity index (χ2v) is 3.17. The van der Waals surface area contributed by atoms with E-state index in [1.165, 1.54) is 5.40 Å². The molecule has 0 aliphatic carbocycles. The molecule has 0 aromatic heterocycles. The molecule has 0 N–H and O–H groups in total. The van der Waals surface area contributed by atoms with Crippen molar-refractivity contribution in [3.63, 3.8) is 0 Å². The Labute approximate surface area is 142 Å². The predicted molar refractivity (Wildman–Crippen MR) is 56.5 cm³/mol. The first-order valence-electron chi connectivity index (χ1n) is 3.74. The first-order valence-corrected chi connectivity index (χ1v) is 5.14. The Morgan fingerprint density at radius 2 is 2.20 bits per heavy atom. The summed E-state index contributed by atoms with van der Waals surface area (Å²) in [5.41, 5.74) is 0. The first-order chi connectivity index (χ1) is 6.76. The Morgan fingerprint density at radius 1 is 1.60 bits per heavy atom. The molecule has 4 nitrogen and oxygen atoms in total. The van der Waals surface area contributed by atoms with Gasteiger partial charge in [0.05, 0.1) is 5.75 Å². The summed E-state index contributed by atoms with van der Waals surface area (Å²) < 4.78 is 0. The molecule has 0 aromatic carbocycles. The van der Waals surface area contributed by atoms with Crippen LogP contribution in [0.5, 0.6) is 0 Å². The molecule has 0 atom stereocenters. The summed E-state index contributed by atoms with van der Waals surface area (Å²) in [6.07, 6.45) is 4.66. The van der Waals surface area contributed by atoms with Crippen LogP contribution >= 0.6 is 11.8 Å². The number of nitriles is 2. The van der Waals surface area contributed by atoms with Gasteiger partial charge in [0.25, 0.3) is 0 Å². The third-order valence-corrected chi connectivity index (χ3v) is 1.92. The number of thioether (sulfide) groups is 1. The second kappa shape index (κ2) is 12.5. The maximum atomic E-state index is 11.1. The smallest absolute Gasteiger partial charge is 0.696 e. The number of hydrogen-bond donors (Lipinski definition) is 0. The van der Waals surface area contributed by atoms with Gasteiger partial charge in [-0.1, -0.05) is 11.5 Å². The van der Waals surface area contributed by atoms with Gasteiger partial charge in [0.2, 0.25) is 5.91 Å². The average molecular weight is 265 g/mol. The molecule has 15 heavy (non-hydrogen) atoms. The van der Waals surface area contributed by atoms with E-state index in [0.717, 1.165) is 24.7 Å². The van der Waals surface area contributed by atoms with E-state index in [2.05, 4.69) is 12.6 Å². The SMILES string of the molecule is N#CSCC(=O)N1C=CCC1.N#C[S-].[K+]. The van der Waals surface area contributed by atoms with Crippen molar-refractivity contribution in [1.29, 1.82) is 10.5 Å². The summed E-state index contributed by atoms with van der Waals surface area (Å²) in [5, 5.41) is 18.5. The summed E-state index contributed by atoms with van der Waals surface area (Å²) in [7, 11) is 0. The molecule has 1 aliphatic rings. The summed E-state index contributed by atoms with van der Waals surface area (Å²) in [5.74, 6) is 0.284. The third-order valence-electron chi connectivity index (χ3n) is 1.40. The van der Waals surface area contributed by atoms with Crippen LogP contribution in [0.2, 0.25) is 0 Å². The van der Waals surface area contributed by atoms with Gasteiger partial charge in [-0.15, -0.1) is 0 Å². The summed E-state index contributed by atoms with van der Waals surface area (Å²) in [6, 6.07) is 0. The molecule has 1 amide bonds. The van der Waals surface area contributed by atoms with Gasteiger partial charge in [0.15, 0.2) is 0 Å². The van der Waals surface area contributed by atoms with Crippen molar-refractivity contribution >= 4 is 30.3 Å². The molecule has 0 unspecified atom stereocenters. The summed E-state index contributed by atoms with van der Waals surface area (Å²) in [6.45, 7) is 0.769. The van der Waals surface area contributed by atoms with Crippen molar-refractivity contribution in [2.24, 2.45) is 0 Å². The Morgan fingerprint density at radius 3 is 2.60 bits per heavy atom. The summed E-state index contributed by atoms with van der Waals surface area (Å²) >= 11 is 4.68. The number of carbonyl (C=O) groups is 1. The van der Waals surface area contributed by atoms with E-state index in [0.29, 0.717) is 0 Å². The average Bonchev–Trinajstić information content (AvgIpc) is 2.68. The zero-order valence-corrected chi connectivity index (χ0v) is 13.1. The van der Waals surface area contributed by atoms with Crippen LogP contribution < -0.4 is 51.4 Å². The molecule has 0 fully saturated rings. The predicted octanol–water partition coefficient (Wildman–Crippen LogP) is -2.03. The normalized spacial score (nSPS) is 11.5. The van der Waals surface area contributed by atoms with Crippen LogP contribution in [0.4, 0.5) is 0 Å². The van der Waals surface area contributed by atoms with Crippen molar-refractivity contribution in [3.8, 4) is 10.8 Å². The van der Waals surface area contributed by atoms with Gasteiger partial charge in [-0.25, -0.2) is 5.26 Å². The van der Waals surface area contributed by atoms with E-state index < -0.39 is 0 Å². The van der Waals surface area contributed by atoms with Gasteiger partial charge in [-0.3, -0.25) is 4.79 Å². The number of amides is 1. The number of thiocyanates is 2. The van der Waals surface area contributed by atoms with Gasteiger partial charge >= 0.3 is 51.4 Å². The molecule has 74 valence electrons. The molecular weight excluding hydrogens is 257 g/mol. The van der Waals surface area contributed by atoms with E-state index in [-0.39, 0.29) is 63.0 Å². The molecule has 0 bridgehead atoms. The maximum Gasteiger partial charge on any atom is 1.00 e. The largest absolute Gasteiger partial charge is 1.00 e. The monoisotopic (exact) mass is 265 g/mol. The van der Waals surface area contributed by atoms with E-state index in [4.69, 9.17) is 10.5 Å². The molecule has 1 rings (SSSR count). The van der Waals surface area contributed by atoms with Crippen LogP contribution in [0.3, 0.4) is 0 Å². The molecular formula is C8H8KN3OS2. The first kappa shape index (κ1) is 17.8. The van der Waals surface area contributed by atoms with Gasteiger partial charge in [0, 0.05) is 12.7 Å². The molecule has 0 saturated heterocycles. The van der Waals surface area contributed by atoms with Crippen molar-refractivity contribution in [1.82, 2.24) is 4.90 Å². The van der Waals surface area contributed by atoms with Crippen LogP contribution in [0.1, 0.15) is 6.42 Å². The number of carbonyl (C=O) groups excluding carboxylic acids is 1. The van der Waals surface area contributed by atoms with Crippen LogP contribution in [-0.4, -0.2) is 23.1 Å². The number of nitrogens with zero attached hydrogens (tertiary/aromatic N) is 3.